The summed E-state index contributed by atoms with van der Waals surface area (Å²) in [5.41, 5.74) is 18.5. The number of ketones is 1. The zero-order valence-electron chi connectivity index (χ0n) is 14.4. The molecule has 11 nitrogen and oxygen atoms in total. The Morgan fingerprint density at radius 1 is 1.54 bits per heavy atom. The van der Waals surface area contributed by atoms with Gasteiger partial charge in [0.1, 0.15) is 17.9 Å². The molecule has 2 aromatic rings. The van der Waals surface area contributed by atoms with Gasteiger partial charge in [-0.25, -0.2) is 15.0 Å². The first-order chi connectivity index (χ1) is 12.3. The Bertz CT molecular complexity index is 826. The number of aliphatic hydroxyl groups excluding tert-OH is 2. The summed E-state index contributed by atoms with van der Waals surface area (Å²) in [6.07, 6.45) is 0.793. The third-order valence-electron chi connectivity index (χ3n) is 4.45. The van der Waals surface area contributed by atoms with Crippen LogP contribution in [-0.4, -0.2) is 60.4 Å². The van der Waals surface area contributed by atoms with E-state index in [1.807, 2.05) is 6.92 Å². The Kier molecular flexibility index (Phi) is 4.90. The Morgan fingerprint density at radius 2 is 2.27 bits per heavy atom. The first-order valence-corrected chi connectivity index (χ1v) is 8.37. The SMILES string of the molecule is CCCC(N)C(=O)c1nc(N)c2ncn([C@@]3(N)C[C@H](O)[C@@H](CO)O3)c2n1. The van der Waals surface area contributed by atoms with Crippen molar-refractivity contribution in [3.8, 4) is 0 Å². The molecule has 3 rings (SSSR count). The Hall–Kier alpha value is -2.18. The number of imidazole rings is 1. The topological polar surface area (TPSA) is 188 Å². The molecule has 2 aromatic heterocycles. The quantitative estimate of drug-likeness (QED) is 0.374. The molecule has 1 aliphatic rings. The molecular formula is C15H23N7O4. The molecule has 0 radical (unpaired) electrons. The van der Waals surface area contributed by atoms with Crippen molar-refractivity contribution in [2.75, 3.05) is 12.3 Å². The van der Waals surface area contributed by atoms with E-state index < -0.39 is 29.9 Å². The number of nitrogens with two attached hydrogens (primary N) is 3. The summed E-state index contributed by atoms with van der Waals surface area (Å²) in [5.74, 6) is -2.03. The lowest BCUT2D eigenvalue weighted by molar-refractivity contribution is -0.111. The second kappa shape index (κ2) is 6.85. The smallest absolute Gasteiger partial charge is 0.216 e. The van der Waals surface area contributed by atoms with Crippen LogP contribution in [0.15, 0.2) is 6.33 Å². The van der Waals surface area contributed by atoms with Crippen LogP contribution in [0.3, 0.4) is 0 Å². The number of carbonyl (C=O) groups is 1. The van der Waals surface area contributed by atoms with Gasteiger partial charge in [0.15, 0.2) is 11.5 Å². The van der Waals surface area contributed by atoms with Gasteiger partial charge in [0.25, 0.3) is 0 Å². The van der Waals surface area contributed by atoms with Crippen molar-refractivity contribution in [3.05, 3.63) is 12.2 Å². The summed E-state index contributed by atoms with van der Waals surface area (Å²) >= 11 is 0. The number of hydrogen-bond acceptors (Lipinski definition) is 10. The molecule has 0 spiro atoms. The summed E-state index contributed by atoms with van der Waals surface area (Å²) < 4.78 is 6.96. The Morgan fingerprint density at radius 3 is 2.88 bits per heavy atom. The normalized spacial score (nSPS) is 27.1. The standard InChI is InChI=1S/C15H23N7O4/c1-2-3-7(16)11(25)13-20-12(17)10-14(21-13)22(6-19-10)15(18)4-8(24)9(5-23)26-15/h6-9,23-24H,2-5,16,18H2,1H3,(H2,17,20,21)/t7?,8-,9+,15-/m0/s1. The Balaban J connectivity index is 2.05. The van der Waals surface area contributed by atoms with E-state index in [1.54, 1.807) is 0 Å². The van der Waals surface area contributed by atoms with Crippen LogP contribution in [0, 0.1) is 0 Å². The fraction of sp³-hybridized carbons (Fsp3) is 0.600. The molecule has 1 saturated heterocycles. The first kappa shape index (κ1) is 18.6. The highest BCUT2D eigenvalue weighted by Gasteiger charge is 2.45. The predicted molar refractivity (Wildman–Crippen MR) is 91.7 cm³/mol. The van der Waals surface area contributed by atoms with Gasteiger partial charge in [-0.3, -0.25) is 15.1 Å². The summed E-state index contributed by atoms with van der Waals surface area (Å²) in [6.45, 7) is 1.53. The maximum Gasteiger partial charge on any atom is 0.216 e. The minimum absolute atomic E-state index is 0.00617. The number of aliphatic hydroxyl groups is 2. The number of fused-ring (bicyclic) bond motifs is 1. The molecule has 8 N–H and O–H groups in total. The van der Waals surface area contributed by atoms with E-state index in [0.29, 0.717) is 6.42 Å². The number of nitrogen functional groups attached to an aromatic ring is 1. The number of carbonyl (C=O) groups excluding carboxylic acids is 1. The predicted octanol–water partition coefficient (Wildman–Crippen LogP) is -1.57. The molecule has 0 aromatic carbocycles. The van der Waals surface area contributed by atoms with Crippen molar-refractivity contribution in [2.24, 2.45) is 11.5 Å². The minimum atomic E-state index is -1.49. The molecule has 0 amide bonds. The number of anilines is 1. The molecule has 1 fully saturated rings. The van der Waals surface area contributed by atoms with Crippen molar-refractivity contribution < 1.29 is 19.7 Å². The van der Waals surface area contributed by atoms with Gasteiger partial charge in [0.05, 0.1) is 18.8 Å². The van der Waals surface area contributed by atoms with Crippen LogP contribution < -0.4 is 17.2 Å². The van der Waals surface area contributed by atoms with Crippen LogP contribution in [0.1, 0.15) is 36.8 Å². The maximum absolute atomic E-state index is 12.4. The lowest BCUT2D eigenvalue weighted by Gasteiger charge is -2.25. The summed E-state index contributed by atoms with van der Waals surface area (Å²) in [4.78, 5) is 24.8. The molecule has 3 heterocycles. The van der Waals surface area contributed by atoms with Crippen LogP contribution in [0.2, 0.25) is 0 Å². The summed E-state index contributed by atoms with van der Waals surface area (Å²) in [7, 11) is 0. The number of nitrogens with zero attached hydrogens (tertiary/aromatic N) is 4. The van der Waals surface area contributed by atoms with E-state index in [-0.39, 0.29) is 35.8 Å². The molecule has 4 atom stereocenters. The number of aromatic nitrogens is 4. The molecule has 142 valence electrons. The monoisotopic (exact) mass is 365 g/mol. The lowest BCUT2D eigenvalue weighted by Crippen LogP contribution is -2.43. The highest BCUT2D eigenvalue weighted by atomic mass is 16.6. The largest absolute Gasteiger partial charge is 0.394 e. The van der Waals surface area contributed by atoms with Crippen molar-refractivity contribution in [1.82, 2.24) is 19.5 Å². The van der Waals surface area contributed by atoms with Crippen molar-refractivity contribution in [3.63, 3.8) is 0 Å². The highest BCUT2D eigenvalue weighted by Crippen LogP contribution is 2.33. The maximum atomic E-state index is 12.4. The molecule has 1 unspecified atom stereocenters. The lowest BCUT2D eigenvalue weighted by atomic mass is 10.1. The summed E-state index contributed by atoms with van der Waals surface area (Å²) in [5, 5.41) is 19.3. The summed E-state index contributed by atoms with van der Waals surface area (Å²) in [6, 6.07) is -0.733. The highest BCUT2D eigenvalue weighted by molar-refractivity contribution is 5.99. The molecule has 0 bridgehead atoms. The molecule has 11 heteroatoms. The van der Waals surface area contributed by atoms with Gasteiger partial charge in [0, 0.05) is 6.42 Å². The van der Waals surface area contributed by atoms with E-state index in [4.69, 9.17) is 21.9 Å². The number of Topliss-reactive ketones (excluding diaryl/α,β-unsaturated/α-hetero) is 1. The van der Waals surface area contributed by atoms with Gasteiger partial charge in [-0.2, -0.15) is 0 Å². The van der Waals surface area contributed by atoms with E-state index in [9.17, 15) is 15.0 Å². The molecule has 0 saturated carbocycles. The van der Waals surface area contributed by atoms with Gasteiger partial charge in [-0.05, 0) is 6.42 Å². The van der Waals surface area contributed by atoms with Crippen LogP contribution in [0.5, 0.6) is 0 Å². The third kappa shape index (κ3) is 3.04. The minimum Gasteiger partial charge on any atom is -0.394 e. The van der Waals surface area contributed by atoms with Gasteiger partial charge < -0.3 is 26.4 Å². The van der Waals surface area contributed by atoms with Crippen molar-refractivity contribution >= 4 is 22.8 Å². The van der Waals surface area contributed by atoms with E-state index >= 15 is 0 Å². The second-order valence-corrected chi connectivity index (χ2v) is 6.43. The zero-order chi connectivity index (χ0) is 19.1. The molecule has 1 aliphatic heterocycles. The van der Waals surface area contributed by atoms with Crippen molar-refractivity contribution in [1.29, 1.82) is 0 Å². The number of rotatable bonds is 6. The average Bonchev–Trinajstić information content (AvgIpc) is 3.16. The van der Waals surface area contributed by atoms with E-state index in [2.05, 4.69) is 15.0 Å². The fourth-order valence-electron chi connectivity index (χ4n) is 3.05. The van der Waals surface area contributed by atoms with Crippen LogP contribution in [0.4, 0.5) is 5.82 Å². The molecule has 26 heavy (non-hydrogen) atoms. The zero-order valence-corrected chi connectivity index (χ0v) is 14.4. The van der Waals surface area contributed by atoms with Gasteiger partial charge >= 0.3 is 0 Å². The van der Waals surface area contributed by atoms with Crippen LogP contribution >= 0.6 is 0 Å². The molecular weight excluding hydrogens is 342 g/mol. The van der Waals surface area contributed by atoms with E-state index in [1.165, 1.54) is 10.9 Å². The average molecular weight is 365 g/mol. The van der Waals surface area contributed by atoms with E-state index in [0.717, 1.165) is 6.42 Å². The molecule has 0 aliphatic carbocycles. The van der Waals surface area contributed by atoms with Crippen molar-refractivity contribution in [2.45, 2.75) is 50.3 Å². The number of ether oxygens (including phenoxy) is 1. The van der Waals surface area contributed by atoms with Gasteiger partial charge in [-0.15, -0.1) is 0 Å². The van der Waals surface area contributed by atoms with Crippen LogP contribution in [0.25, 0.3) is 11.2 Å². The fourth-order valence-corrected chi connectivity index (χ4v) is 3.05. The van der Waals surface area contributed by atoms with Gasteiger partial charge in [0.2, 0.25) is 17.5 Å². The number of hydrogen-bond donors (Lipinski definition) is 5. The second-order valence-electron chi connectivity index (χ2n) is 6.43. The van der Waals surface area contributed by atoms with Gasteiger partial charge in [-0.1, -0.05) is 13.3 Å². The first-order valence-electron chi connectivity index (χ1n) is 8.37. The Labute approximate surface area is 149 Å². The third-order valence-corrected chi connectivity index (χ3v) is 4.45. The van der Waals surface area contributed by atoms with Crippen LogP contribution in [-0.2, 0) is 10.6 Å².